The van der Waals surface area contributed by atoms with Crippen LogP contribution in [0.1, 0.15) is 80.0 Å². The summed E-state index contributed by atoms with van der Waals surface area (Å²) in [7, 11) is 0. The normalized spacial score (nSPS) is 20.3. The SMILES string of the molecule is CCC1(CC)CC(=O)N([C@H](C)c2cccc(C(=O)N[C@H]3CCOc4ccccc43)c2)C(=N)N1. The van der Waals surface area contributed by atoms with E-state index < -0.39 is 0 Å². The molecule has 0 aliphatic carbocycles. The van der Waals surface area contributed by atoms with E-state index in [1.54, 1.807) is 6.07 Å². The molecule has 7 nitrogen and oxygen atoms in total. The number of hydrogen-bond donors (Lipinski definition) is 3. The molecule has 4 rings (SSSR count). The number of carbonyl (C=O) groups is 2. The molecule has 2 aliphatic rings. The third kappa shape index (κ3) is 4.45. The van der Waals surface area contributed by atoms with Crippen LogP contribution in [0.3, 0.4) is 0 Å². The minimum atomic E-state index is -0.360. The van der Waals surface area contributed by atoms with Crippen LogP contribution in [0.15, 0.2) is 48.5 Å². The molecule has 2 aliphatic heterocycles. The molecule has 2 aromatic rings. The molecule has 0 aromatic heterocycles. The highest BCUT2D eigenvalue weighted by atomic mass is 16.5. The number of fused-ring (bicyclic) bond motifs is 1. The molecule has 2 amide bonds. The van der Waals surface area contributed by atoms with Crippen molar-refractivity contribution in [1.82, 2.24) is 15.5 Å². The topological polar surface area (TPSA) is 94.5 Å². The summed E-state index contributed by atoms with van der Waals surface area (Å²) in [6.45, 7) is 6.52. The van der Waals surface area contributed by atoms with E-state index in [0.29, 0.717) is 25.0 Å². The Bertz CT molecular complexity index is 1040. The fourth-order valence-electron chi connectivity index (χ4n) is 4.76. The number of amides is 2. The third-order valence-corrected chi connectivity index (χ3v) is 7.02. The number of hydrogen-bond acceptors (Lipinski definition) is 4. The molecule has 174 valence electrons. The van der Waals surface area contributed by atoms with Gasteiger partial charge in [0.2, 0.25) is 5.91 Å². The number of para-hydroxylation sites is 1. The molecule has 33 heavy (non-hydrogen) atoms. The predicted molar refractivity (Wildman–Crippen MR) is 127 cm³/mol. The lowest BCUT2D eigenvalue weighted by atomic mass is 9.86. The van der Waals surface area contributed by atoms with Crippen molar-refractivity contribution in [1.29, 1.82) is 5.41 Å². The molecule has 0 radical (unpaired) electrons. The molecule has 2 aromatic carbocycles. The molecule has 0 spiro atoms. The van der Waals surface area contributed by atoms with Gasteiger partial charge in [-0.15, -0.1) is 0 Å². The number of benzene rings is 2. The van der Waals surface area contributed by atoms with Gasteiger partial charge in [-0.1, -0.05) is 44.2 Å². The van der Waals surface area contributed by atoms with Crippen molar-refractivity contribution in [2.75, 3.05) is 6.61 Å². The van der Waals surface area contributed by atoms with E-state index in [2.05, 4.69) is 10.6 Å². The second-order valence-corrected chi connectivity index (χ2v) is 8.90. The fourth-order valence-corrected chi connectivity index (χ4v) is 4.76. The van der Waals surface area contributed by atoms with E-state index >= 15 is 0 Å². The minimum Gasteiger partial charge on any atom is -0.493 e. The first kappa shape index (κ1) is 22.8. The average Bonchev–Trinajstić information content (AvgIpc) is 2.83. The van der Waals surface area contributed by atoms with Gasteiger partial charge in [0.05, 0.1) is 25.1 Å². The first-order valence-corrected chi connectivity index (χ1v) is 11.7. The van der Waals surface area contributed by atoms with Gasteiger partial charge in [-0.25, -0.2) is 0 Å². The smallest absolute Gasteiger partial charge is 0.251 e. The van der Waals surface area contributed by atoms with Crippen molar-refractivity contribution < 1.29 is 14.3 Å². The standard InChI is InChI=1S/C26H32N4O3/c1-4-26(5-2)16-23(31)30(25(27)29-26)17(3)18-9-8-10-19(15-18)24(32)28-21-13-14-33-22-12-7-6-11-20(21)22/h6-12,15,17,21H,4-5,13-14,16H2,1-3H3,(H2,27,29)(H,28,32)/t17-,21+/m1/s1. The minimum absolute atomic E-state index is 0.0661. The molecule has 1 saturated heterocycles. The molecule has 0 bridgehead atoms. The van der Waals surface area contributed by atoms with E-state index in [-0.39, 0.29) is 35.4 Å². The summed E-state index contributed by atoms with van der Waals surface area (Å²) in [4.78, 5) is 27.6. The summed E-state index contributed by atoms with van der Waals surface area (Å²) in [5.41, 5.74) is 1.97. The van der Waals surface area contributed by atoms with Gasteiger partial charge in [-0.3, -0.25) is 19.9 Å². The molecule has 2 atom stereocenters. The third-order valence-electron chi connectivity index (χ3n) is 7.02. The van der Waals surface area contributed by atoms with Gasteiger partial charge in [0, 0.05) is 23.1 Å². The lowest BCUT2D eigenvalue weighted by Gasteiger charge is -2.44. The number of guanidine groups is 1. The van der Waals surface area contributed by atoms with Gasteiger partial charge in [-0.2, -0.15) is 0 Å². The van der Waals surface area contributed by atoms with Crippen molar-refractivity contribution >= 4 is 17.8 Å². The first-order chi connectivity index (χ1) is 15.9. The van der Waals surface area contributed by atoms with Crippen molar-refractivity contribution in [2.45, 2.75) is 64.1 Å². The number of ether oxygens (including phenoxy) is 1. The summed E-state index contributed by atoms with van der Waals surface area (Å²) >= 11 is 0. The maximum atomic E-state index is 13.1. The molecular weight excluding hydrogens is 416 g/mol. The summed E-state index contributed by atoms with van der Waals surface area (Å²) in [5.74, 6) is 0.695. The Kier molecular flexibility index (Phi) is 6.40. The number of nitrogens with one attached hydrogen (secondary N) is 3. The molecule has 3 N–H and O–H groups in total. The van der Waals surface area contributed by atoms with E-state index in [4.69, 9.17) is 10.1 Å². The molecule has 1 fully saturated rings. The maximum Gasteiger partial charge on any atom is 0.251 e. The Morgan fingerprint density at radius 2 is 2.00 bits per heavy atom. The van der Waals surface area contributed by atoms with Gasteiger partial charge < -0.3 is 15.4 Å². The molecule has 2 heterocycles. The van der Waals surface area contributed by atoms with Crippen LogP contribution in [-0.4, -0.2) is 34.8 Å². The quantitative estimate of drug-likeness (QED) is 0.614. The van der Waals surface area contributed by atoms with Gasteiger partial charge >= 0.3 is 0 Å². The molecular formula is C26H32N4O3. The van der Waals surface area contributed by atoms with Crippen molar-refractivity contribution in [3.63, 3.8) is 0 Å². The van der Waals surface area contributed by atoms with Gasteiger partial charge in [0.1, 0.15) is 5.75 Å². The zero-order valence-corrected chi connectivity index (χ0v) is 19.5. The van der Waals surface area contributed by atoms with Crippen molar-refractivity contribution in [3.05, 3.63) is 65.2 Å². The van der Waals surface area contributed by atoms with Crippen LogP contribution in [0.5, 0.6) is 5.75 Å². The largest absolute Gasteiger partial charge is 0.493 e. The van der Waals surface area contributed by atoms with Crippen LogP contribution in [0, 0.1) is 5.41 Å². The lowest BCUT2D eigenvalue weighted by molar-refractivity contribution is -0.132. The summed E-state index contributed by atoms with van der Waals surface area (Å²) in [6, 6.07) is 14.6. The van der Waals surface area contributed by atoms with Crippen LogP contribution in [-0.2, 0) is 4.79 Å². The van der Waals surface area contributed by atoms with Crippen LogP contribution in [0.25, 0.3) is 0 Å². The fraction of sp³-hybridized carbons (Fsp3) is 0.423. The van der Waals surface area contributed by atoms with Crippen LogP contribution < -0.4 is 15.4 Å². The molecule has 0 unspecified atom stereocenters. The predicted octanol–water partition coefficient (Wildman–Crippen LogP) is 4.32. The Hall–Kier alpha value is -3.35. The Balaban J connectivity index is 1.51. The van der Waals surface area contributed by atoms with Gasteiger partial charge in [0.15, 0.2) is 5.96 Å². The average molecular weight is 449 g/mol. The summed E-state index contributed by atoms with van der Waals surface area (Å²) in [6.07, 6.45) is 2.63. The number of nitrogens with zero attached hydrogens (tertiary/aromatic N) is 1. The number of carbonyl (C=O) groups excluding carboxylic acids is 2. The summed E-state index contributed by atoms with van der Waals surface area (Å²) in [5, 5.41) is 14.9. The van der Waals surface area contributed by atoms with E-state index in [1.807, 2.05) is 63.2 Å². The van der Waals surface area contributed by atoms with E-state index in [0.717, 1.165) is 29.7 Å². The summed E-state index contributed by atoms with van der Waals surface area (Å²) < 4.78 is 5.69. The van der Waals surface area contributed by atoms with Crippen LogP contribution >= 0.6 is 0 Å². The Morgan fingerprint density at radius 3 is 2.73 bits per heavy atom. The first-order valence-electron chi connectivity index (χ1n) is 11.7. The highest BCUT2D eigenvalue weighted by molar-refractivity contribution is 6.00. The van der Waals surface area contributed by atoms with Crippen LogP contribution in [0.2, 0.25) is 0 Å². The van der Waals surface area contributed by atoms with Gasteiger partial charge in [0.25, 0.3) is 5.91 Å². The highest BCUT2D eigenvalue weighted by Crippen LogP contribution is 2.33. The second-order valence-electron chi connectivity index (χ2n) is 8.90. The second kappa shape index (κ2) is 9.25. The highest BCUT2D eigenvalue weighted by Gasteiger charge is 2.41. The van der Waals surface area contributed by atoms with Crippen molar-refractivity contribution in [3.8, 4) is 5.75 Å². The lowest BCUT2D eigenvalue weighted by Crippen LogP contribution is -2.62. The molecule has 0 saturated carbocycles. The number of rotatable bonds is 6. The maximum absolute atomic E-state index is 13.1. The van der Waals surface area contributed by atoms with E-state index in [1.165, 1.54) is 4.90 Å². The van der Waals surface area contributed by atoms with Crippen LogP contribution in [0.4, 0.5) is 0 Å². The zero-order valence-electron chi connectivity index (χ0n) is 19.5. The Labute approximate surface area is 195 Å². The van der Waals surface area contributed by atoms with Gasteiger partial charge in [-0.05, 0) is 43.5 Å². The zero-order chi connectivity index (χ0) is 23.6. The Morgan fingerprint density at radius 1 is 1.24 bits per heavy atom. The molecule has 7 heteroatoms. The van der Waals surface area contributed by atoms with E-state index in [9.17, 15) is 9.59 Å². The monoisotopic (exact) mass is 448 g/mol. The van der Waals surface area contributed by atoms with Crippen molar-refractivity contribution in [2.24, 2.45) is 0 Å².